The molecule has 0 spiro atoms. The molecule has 1 nitrogen and oxygen atoms in total. The van der Waals surface area contributed by atoms with Crippen LogP contribution in [0.5, 0.6) is 0 Å². The Labute approximate surface area is 108 Å². The monoisotopic (exact) mass is 238 g/mol. The largest absolute Gasteiger partial charge is 0.295 e. The highest BCUT2D eigenvalue weighted by Crippen LogP contribution is 2.14. The Balaban J connectivity index is 2.20. The predicted molar refractivity (Wildman–Crippen MR) is 75.2 cm³/mol. The molecule has 0 bridgehead atoms. The van der Waals surface area contributed by atoms with Gasteiger partial charge in [-0.1, -0.05) is 53.6 Å². The van der Waals surface area contributed by atoms with Crippen LogP contribution >= 0.6 is 0 Å². The van der Waals surface area contributed by atoms with Gasteiger partial charge in [0.15, 0.2) is 5.78 Å². The number of carbonyl (C=O) groups is 1. The minimum Gasteiger partial charge on any atom is -0.295 e. The van der Waals surface area contributed by atoms with Crippen molar-refractivity contribution in [1.29, 1.82) is 0 Å². The summed E-state index contributed by atoms with van der Waals surface area (Å²) in [7, 11) is 0. The summed E-state index contributed by atoms with van der Waals surface area (Å²) in [5.74, 6) is 0.118. The first-order chi connectivity index (χ1) is 8.54. The Morgan fingerprint density at radius 1 is 0.889 bits per heavy atom. The van der Waals surface area contributed by atoms with Crippen molar-refractivity contribution >= 4 is 5.78 Å². The van der Waals surface area contributed by atoms with Crippen LogP contribution in [0.4, 0.5) is 0 Å². The summed E-state index contributed by atoms with van der Waals surface area (Å²) in [6.45, 7) is 5.84. The van der Waals surface area contributed by atoms with E-state index in [4.69, 9.17) is 0 Å². The van der Waals surface area contributed by atoms with Crippen LogP contribution in [0.15, 0.2) is 42.5 Å². The molecule has 2 aromatic carbocycles. The van der Waals surface area contributed by atoms with E-state index in [9.17, 15) is 4.79 Å². The van der Waals surface area contributed by atoms with Crippen LogP contribution in [0.3, 0.4) is 0 Å². The molecule has 0 aromatic heterocycles. The molecular formula is C17H18O. The van der Waals surface area contributed by atoms with E-state index in [2.05, 4.69) is 32.0 Å². The van der Waals surface area contributed by atoms with Gasteiger partial charge in [0.25, 0.3) is 0 Å². The topological polar surface area (TPSA) is 17.1 Å². The highest BCUT2D eigenvalue weighted by atomic mass is 16.1. The van der Waals surface area contributed by atoms with Crippen molar-refractivity contribution in [2.75, 3.05) is 0 Å². The zero-order valence-corrected chi connectivity index (χ0v) is 11.2. The molecule has 0 radical (unpaired) electrons. The molecule has 0 aliphatic heterocycles. The molecule has 0 aliphatic rings. The Morgan fingerprint density at radius 3 is 1.94 bits per heavy atom. The summed E-state index contributed by atoms with van der Waals surface area (Å²) in [5, 5.41) is 0. The molecule has 0 saturated carbocycles. The summed E-state index contributed by atoms with van der Waals surface area (Å²) >= 11 is 0. The quantitative estimate of drug-likeness (QED) is 0.736. The van der Waals surface area contributed by atoms with Crippen molar-refractivity contribution in [2.24, 2.45) is 0 Å². The molecule has 0 atom stereocenters. The van der Waals surface area contributed by atoms with Crippen molar-refractivity contribution < 1.29 is 4.79 Å². The molecule has 0 amide bonds. The predicted octanol–water partition coefficient (Wildman–Crippen LogP) is 4.10. The van der Waals surface area contributed by atoms with Gasteiger partial charge in [0.2, 0.25) is 0 Å². The Bertz CT molecular complexity index is 544. The number of rotatable bonds is 3. The van der Waals surface area contributed by atoms with Crippen molar-refractivity contribution in [3.8, 4) is 0 Å². The lowest BCUT2D eigenvalue weighted by Crippen LogP contribution is -1.94. The van der Waals surface area contributed by atoms with E-state index in [0.29, 0.717) is 0 Å². The van der Waals surface area contributed by atoms with Crippen LogP contribution in [0.25, 0.3) is 0 Å². The maximum atomic E-state index is 11.2. The van der Waals surface area contributed by atoms with Gasteiger partial charge in [-0.25, -0.2) is 0 Å². The van der Waals surface area contributed by atoms with Gasteiger partial charge in [0.05, 0.1) is 0 Å². The van der Waals surface area contributed by atoms with E-state index < -0.39 is 0 Å². The van der Waals surface area contributed by atoms with E-state index in [0.717, 1.165) is 12.0 Å². The third-order valence-corrected chi connectivity index (χ3v) is 3.05. The first-order valence-corrected chi connectivity index (χ1v) is 6.21. The van der Waals surface area contributed by atoms with E-state index in [1.54, 1.807) is 6.92 Å². The van der Waals surface area contributed by atoms with Gasteiger partial charge in [0.1, 0.15) is 0 Å². The maximum absolute atomic E-state index is 11.2. The molecule has 0 heterocycles. The second-order valence-corrected chi connectivity index (χ2v) is 4.93. The summed E-state index contributed by atoms with van der Waals surface area (Å²) in [5.41, 5.74) is 5.93. The minimum atomic E-state index is 0.118. The van der Waals surface area contributed by atoms with Gasteiger partial charge in [0, 0.05) is 5.56 Å². The number of carbonyl (C=O) groups excluding carboxylic acids is 1. The average molecular weight is 238 g/mol. The highest BCUT2D eigenvalue weighted by Gasteiger charge is 2.01. The lowest BCUT2D eigenvalue weighted by atomic mass is 9.99. The molecule has 0 N–H and O–H groups in total. The molecule has 92 valence electrons. The third-order valence-electron chi connectivity index (χ3n) is 3.05. The van der Waals surface area contributed by atoms with Crippen molar-refractivity contribution in [3.63, 3.8) is 0 Å². The molecule has 0 unspecified atom stereocenters. The number of hydrogen-bond donors (Lipinski definition) is 0. The first kappa shape index (κ1) is 12.6. The fourth-order valence-corrected chi connectivity index (χ4v) is 2.26. The Morgan fingerprint density at radius 2 is 1.44 bits per heavy atom. The number of aryl methyl sites for hydroxylation is 2. The van der Waals surface area contributed by atoms with Gasteiger partial charge >= 0.3 is 0 Å². The van der Waals surface area contributed by atoms with E-state index in [-0.39, 0.29) is 5.78 Å². The van der Waals surface area contributed by atoms with Crippen LogP contribution in [0.1, 0.15) is 39.5 Å². The van der Waals surface area contributed by atoms with Gasteiger partial charge in [-0.15, -0.1) is 0 Å². The fourth-order valence-electron chi connectivity index (χ4n) is 2.26. The van der Waals surface area contributed by atoms with E-state index in [1.807, 2.05) is 24.3 Å². The summed E-state index contributed by atoms with van der Waals surface area (Å²) in [4.78, 5) is 11.2. The van der Waals surface area contributed by atoms with Crippen molar-refractivity contribution in [1.82, 2.24) is 0 Å². The molecular weight excluding hydrogens is 220 g/mol. The Kier molecular flexibility index (Phi) is 3.61. The molecule has 0 aliphatic carbocycles. The fraction of sp³-hybridized carbons (Fsp3) is 0.235. The van der Waals surface area contributed by atoms with E-state index >= 15 is 0 Å². The molecule has 0 fully saturated rings. The molecule has 0 saturated heterocycles. The summed E-state index contributed by atoms with van der Waals surface area (Å²) in [6.07, 6.45) is 0.917. The standard InChI is InChI=1S/C17H18O/c1-12-8-13(2)10-16(9-12)11-15-4-6-17(7-5-15)14(3)18/h4-10H,11H2,1-3H3. The van der Waals surface area contributed by atoms with Crippen LogP contribution in [0, 0.1) is 13.8 Å². The van der Waals surface area contributed by atoms with Crippen LogP contribution in [-0.2, 0) is 6.42 Å². The van der Waals surface area contributed by atoms with Gasteiger partial charge < -0.3 is 0 Å². The molecule has 1 heteroatoms. The zero-order valence-electron chi connectivity index (χ0n) is 11.2. The smallest absolute Gasteiger partial charge is 0.159 e. The maximum Gasteiger partial charge on any atom is 0.159 e. The summed E-state index contributed by atoms with van der Waals surface area (Å²) in [6, 6.07) is 14.5. The second-order valence-electron chi connectivity index (χ2n) is 4.93. The highest BCUT2D eigenvalue weighted by molar-refractivity contribution is 5.94. The lowest BCUT2D eigenvalue weighted by molar-refractivity contribution is 0.101. The Hall–Kier alpha value is -1.89. The van der Waals surface area contributed by atoms with Gasteiger partial charge in [-0.2, -0.15) is 0 Å². The van der Waals surface area contributed by atoms with Gasteiger partial charge in [-0.3, -0.25) is 4.79 Å². The number of ketones is 1. The average Bonchev–Trinajstić information content (AvgIpc) is 2.28. The lowest BCUT2D eigenvalue weighted by Gasteiger charge is -2.06. The van der Waals surface area contributed by atoms with Crippen molar-refractivity contribution in [2.45, 2.75) is 27.2 Å². The normalized spacial score (nSPS) is 10.4. The molecule has 18 heavy (non-hydrogen) atoms. The molecule has 2 rings (SSSR count). The third kappa shape index (κ3) is 3.07. The molecule has 2 aromatic rings. The second kappa shape index (κ2) is 5.18. The van der Waals surface area contributed by atoms with Crippen LogP contribution < -0.4 is 0 Å². The number of Topliss-reactive ketones (excluding diaryl/α,β-unsaturated/α-hetero) is 1. The van der Waals surface area contributed by atoms with Gasteiger partial charge in [-0.05, 0) is 38.3 Å². The van der Waals surface area contributed by atoms with E-state index in [1.165, 1.54) is 22.3 Å². The minimum absolute atomic E-state index is 0.118. The van der Waals surface area contributed by atoms with Crippen LogP contribution in [0.2, 0.25) is 0 Å². The number of hydrogen-bond acceptors (Lipinski definition) is 1. The van der Waals surface area contributed by atoms with Crippen LogP contribution in [-0.4, -0.2) is 5.78 Å². The first-order valence-electron chi connectivity index (χ1n) is 6.21. The summed E-state index contributed by atoms with van der Waals surface area (Å²) < 4.78 is 0. The van der Waals surface area contributed by atoms with Crippen molar-refractivity contribution in [3.05, 3.63) is 70.3 Å². The zero-order chi connectivity index (χ0) is 13.1. The number of benzene rings is 2. The SMILES string of the molecule is CC(=O)c1ccc(Cc2cc(C)cc(C)c2)cc1.